The Kier molecular flexibility index (Phi) is 5.82. The second-order valence-corrected chi connectivity index (χ2v) is 7.00. The van der Waals surface area contributed by atoms with Gasteiger partial charge in [-0.25, -0.2) is 4.79 Å². The molecule has 1 aliphatic rings. The van der Waals surface area contributed by atoms with Crippen molar-refractivity contribution in [3.05, 3.63) is 59.5 Å². The number of aryl methyl sites for hydroxylation is 1. The zero-order chi connectivity index (χ0) is 16.8. The van der Waals surface area contributed by atoms with Crippen LogP contribution >= 0.6 is 11.8 Å². The van der Waals surface area contributed by atoms with Crippen LogP contribution < -0.4 is 10.6 Å². The molecule has 0 aliphatic carbocycles. The molecule has 3 rings (SSSR count). The number of rotatable bonds is 6. The number of nitrogens with one attached hydrogen (secondary N) is 2. The molecular formula is C18H22N2O3S. The summed E-state index contributed by atoms with van der Waals surface area (Å²) in [5.41, 5.74) is 2.71. The van der Waals surface area contributed by atoms with Crippen molar-refractivity contribution in [2.45, 2.75) is 17.7 Å². The van der Waals surface area contributed by atoms with Crippen LogP contribution in [0.15, 0.2) is 47.1 Å². The number of fused-ring (bicyclic) bond motifs is 1. The van der Waals surface area contributed by atoms with Crippen LogP contribution in [0.4, 0.5) is 4.79 Å². The highest BCUT2D eigenvalue weighted by Crippen LogP contribution is 2.35. The molecule has 0 saturated carbocycles. The fraction of sp³-hybridized carbons (Fsp3) is 0.389. The van der Waals surface area contributed by atoms with Crippen molar-refractivity contribution in [1.82, 2.24) is 10.6 Å². The van der Waals surface area contributed by atoms with Gasteiger partial charge in [-0.15, -0.1) is 0 Å². The van der Waals surface area contributed by atoms with E-state index in [1.165, 1.54) is 11.1 Å². The normalized spacial score (nSPS) is 17.8. The van der Waals surface area contributed by atoms with Crippen LogP contribution in [-0.2, 0) is 11.2 Å². The third-order valence-corrected chi connectivity index (χ3v) is 5.33. The summed E-state index contributed by atoms with van der Waals surface area (Å²) in [6.07, 6.45) is 2.69. The van der Waals surface area contributed by atoms with Gasteiger partial charge < -0.3 is 19.8 Å². The lowest BCUT2D eigenvalue weighted by atomic mass is 10.0. The SMILES string of the molecule is COCC(NC(=O)NCC1SCCc2ccccc21)c1ccco1. The maximum absolute atomic E-state index is 12.2. The summed E-state index contributed by atoms with van der Waals surface area (Å²) in [4.78, 5) is 12.2. The van der Waals surface area contributed by atoms with E-state index in [9.17, 15) is 4.79 Å². The molecule has 0 spiro atoms. The highest BCUT2D eigenvalue weighted by Gasteiger charge is 2.22. The monoisotopic (exact) mass is 346 g/mol. The molecule has 0 saturated heterocycles. The summed E-state index contributed by atoms with van der Waals surface area (Å²) in [5.74, 6) is 1.77. The average molecular weight is 346 g/mol. The van der Waals surface area contributed by atoms with Gasteiger partial charge in [0, 0.05) is 18.9 Å². The Labute approximate surface area is 146 Å². The zero-order valence-electron chi connectivity index (χ0n) is 13.7. The van der Waals surface area contributed by atoms with Gasteiger partial charge in [-0.3, -0.25) is 0 Å². The highest BCUT2D eigenvalue weighted by atomic mass is 32.2. The number of hydrogen-bond donors (Lipinski definition) is 2. The predicted molar refractivity (Wildman–Crippen MR) is 95.2 cm³/mol. The van der Waals surface area contributed by atoms with Crippen molar-refractivity contribution in [2.24, 2.45) is 0 Å². The number of furan rings is 1. The summed E-state index contributed by atoms with van der Waals surface area (Å²) in [6, 6.07) is 11.6. The molecule has 2 atom stereocenters. The Hall–Kier alpha value is -1.92. The van der Waals surface area contributed by atoms with E-state index in [-0.39, 0.29) is 12.1 Å². The largest absolute Gasteiger partial charge is 0.467 e. The zero-order valence-corrected chi connectivity index (χ0v) is 14.5. The second-order valence-electron chi connectivity index (χ2n) is 5.69. The van der Waals surface area contributed by atoms with Crippen LogP contribution in [-0.4, -0.2) is 32.0 Å². The van der Waals surface area contributed by atoms with Crippen LogP contribution in [0.3, 0.4) is 0 Å². The van der Waals surface area contributed by atoms with Crippen molar-refractivity contribution in [3.63, 3.8) is 0 Å². The molecule has 0 radical (unpaired) electrons. The molecular weight excluding hydrogens is 324 g/mol. The summed E-state index contributed by atoms with van der Waals surface area (Å²) >= 11 is 1.89. The fourth-order valence-electron chi connectivity index (χ4n) is 2.89. The molecule has 2 amide bonds. The van der Waals surface area contributed by atoms with E-state index < -0.39 is 0 Å². The lowest BCUT2D eigenvalue weighted by Gasteiger charge is -2.25. The molecule has 0 bridgehead atoms. The third-order valence-electron chi connectivity index (χ3n) is 4.07. The van der Waals surface area contributed by atoms with Crippen molar-refractivity contribution in [2.75, 3.05) is 26.0 Å². The molecule has 1 aliphatic heterocycles. The number of carbonyl (C=O) groups excluding carboxylic acids is 1. The van der Waals surface area contributed by atoms with Gasteiger partial charge in [-0.05, 0) is 35.4 Å². The minimum Gasteiger partial charge on any atom is -0.467 e. The summed E-state index contributed by atoms with van der Waals surface area (Å²) in [5, 5.41) is 6.18. The maximum atomic E-state index is 12.2. The Balaban J connectivity index is 1.56. The molecule has 24 heavy (non-hydrogen) atoms. The number of methoxy groups -OCH3 is 1. The van der Waals surface area contributed by atoms with Gasteiger partial charge in [0.25, 0.3) is 0 Å². The fourth-order valence-corrected chi connectivity index (χ4v) is 4.12. The lowest BCUT2D eigenvalue weighted by molar-refractivity contribution is 0.157. The molecule has 6 heteroatoms. The number of thioether (sulfide) groups is 1. The van der Waals surface area contributed by atoms with Crippen LogP contribution in [0.1, 0.15) is 28.2 Å². The van der Waals surface area contributed by atoms with E-state index in [1.807, 2.05) is 17.8 Å². The standard InChI is InChI=1S/C18H22N2O3S/c1-22-12-15(16-7-4-9-23-16)20-18(21)19-11-17-14-6-3-2-5-13(14)8-10-24-17/h2-7,9,15,17H,8,10-12H2,1H3,(H2,19,20,21). The van der Waals surface area contributed by atoms with Crippen molar-refractivity contribution >= 4 is 17.8 Å². The van der Waals surface area contributed by atoms with Crippen LogP contribution in [0.25, 0.3) is 0 Å². The van der Waals surface area contributed by atoms with Crippen molar-refractivity contribution in [3.8, 4) is 0 Å². The van der Waals surface area contributed by atoms with Gasteiger partial charge in [-0.2, -0.15) is 11.8 Å². The number of amides is 2. The van der Waals surface area contributed by atoms with Gasteiger partial charge in [0.15, 0.2) is 0 Å². The quantitative estimate of drug-likeness (QED) is 0.842. The number of benzene rings is 1. The maximum Gasteiger partial charge on any atom is 0.315 e. The average Bonchev–Trinajstić information content (AvgIpc) is 3.14. The van der Waals surface area contributed by atoms with E-state index >= 15 is 0 Å². The smallest absolute Gasteiger partial charge is 0.315 e. The van der Waals surface area contributed by atoms with Crippen LogP contribution in [0.5, 0.6) is 0 Å². The number of hydrogen-bond acceptors (Lipinski definition) is 4. The summed E-state index contributed by atoms with van der Waals surface area (Å²) < 4.78 is 10.5. The minimum absolute atomic E-state index is 0.211. The van der Waals surface area contributed by atoms with E-state index in [0.29, 0.717) is 24.2 Å². The summed E-state index contributed by atoms with van der Waals surface area (Å²) in [6.45, 7) is 0.966. The van der Waals surface area contributed by atoms with Gasteiger partial charge in [0.2, 0.25) is 0 Å². The molecule has 5 nitrogen and oxygen atoms in total. The minimum atomic E-state index is -0.295. The van der Waals surface area contributed by atoms with Crippen molar-refractivity contribution in [1.29, 1.82) is 0 Å². The predicted octanol–water partition coefficient (Wildman–Crippen LogP) is 3.30. The molecule has 2 aromatic rings. The third kappa shape index (κ3) is 4.13. The molecule has 0 fully saturated rings. The van der Waals surface area contributed by atoms with Gasteiger partial charge in [0.1, 0.15) is 11.8 Å². The first-order valence-electron chi connectivity index (χ1n) is 8.04. The van der Waals surface area contributed by atoms with Gasteiger partial charge in [0.05, 0.1) is 12.9 Å². The Morgan fingerprint density at radius 3 is 3.04 bits per heavy atom. The molecule has 128 valence electrons. The lowest BCUT2D eigenvalue weighted by Crippen LogP contribution is -2.41. The molecule has 2 unspecified atom stereocenters. The first-order chi connectivity index (χ1) is 11.8. The molecule has 1 aromatic heterocycles. The molecule has 1 aromatic carbocycles. The van der Waals surface area contributed by atoms with Crippen LogP contribution in [0, 0.1) is 0 Å². The van der Waals surface area contributed by atoms with E-state index in [4.69, 9.17) is 9.15 Å². The Bertz CT molecular complexity index is 660. The number of carbonyl (C=O) groups is 1. The van der Waals surface area contributed by atoms with E-state index in [1.54, 1.807) is 19.4 Å². The first-order valence-corrected chi connectivity index (χ1v) is 9.09. The van der Waals surface area contributed by atoms with Crippen LogP contribution in [0.2, 0.25) is 0 Å². The Morgan fingerprint density at radius 2 is 2.25 bits per heavy atom. The highest BCUT2D eigenvalue weighted by molar-refractivity contribution is 7.99. The molecule has 2 heterocycles. The summed E-state index contributed by atoms with van der Waals surface area (Å²) in [7, 11) is 1.60. The van der Waals surface area contributed by atoms with Crippen molar-refractivity contribution < 1.29 is 13.9 Å². The first kappa shape index (κ1) is 16.9. The van der Waals surface area contributed by atoms with E-state index in [2.05, 4.69) is 34.9 Å². The van der Waals surface area contributed by atoms with Gasteiger partial charge in [-0.1, -0.05) is 24.3 Å². The second kappa shape index (κ2) is 8.26. The topological polar surface area (TPSA) is 63.5 Å². The Morgan fingerprint density at radius 1 is 1.38 bits per heavy atom. The number of urea groups is 1. The number of ether oxygens (including phenoxy) is 1. The van der Waals surface area contributed by atoms with Gasteiger partial charge >= 0.3 is 6.03 Å². The molecule has 2 N–H and O–H groups in total. The van der Waals surface area contributed by atoms with E-state index in [0.717, 1.165) is 12.2 Å².